The molecule has 3 aromatic carbocycles. The average Bonchev–Trinajstić information content (AvgIpc) is 3.02. The first kappa shape index (κ1) is 34.1. The van der Waals surface area contributed by atoms with Crippen LogP contribution in [0.1, 0.15) is 24.8 Å². The van der Waals surface area contributed by atoms with E-state index in [0.717, 1.165) is 47.3 Å². The molecule has 0 saturated carbocycles. The van der Waals surface area contributed by atoms with Gasteiger partial charge in [0.2, 0.25) is 11.7 Å². The van der Waals surface area contributed by atoms with Crippen molar-refractivity contribution < 1.29 is 65.6 Å². The summed E-state index contributed by atoms with van der Waals surface area (Å²) in [6, 6.07) is 21.8. The molecule has 1 aliphatic heterocycles. The fourth-order valence-corrected chi connectivity index (χ4v) is 4.90. The van der Waals surface area contributed by atoms with E-state index in [0.29, 0.717) is 23.2 Å². The predicted molar refractivity (Wildman–Crippen MR) is 167 cm³/mol. The summed E-state index contributed by atoms with van der Waals surface area (Å²) in [5, 5.41) is 8.11. The van der Waals surface area contributed by atoms with Crippen LogP contribution in [0.3, 0.4) is 0 Å². The fraction of sp³-hybridized carbons (Fsp3) is 0.312. The molecule has 1 saturated heterocycles. The van der Waals surface area contributed by atoms with Crippen molar-refractivity contribution in [3.63, 3.8) is 0 Å². The van der Waals surface area contributed by atoms with Crippen molar-refractivity contribution in [1.82, 2.24) is 9.97 Å². The Morgan fingerprint density at radius 1 is 0.881 bits per heavy atom. The molecular weight excluding hydrogens is 577 g/mol. The summed E-state index contributed by atoms with van der Waals surface area (Å²) in [5.41, 5.74) is 4.21. The Balaban J connectivity index is 0.000000247. The van der Waals surface area contributed by atoms with Crippen LogP contribution in [0.15, 0.2) is 72.9 Å². The van der Waals surface area contributed by atoms with E-state index in [9.17, 15) is 0 Å². The third-order valence-corrected chi connectivity index (χ3v) is 7.05. The number of halogens is 1. The van der Waals surface area contributed by atoms with Crippen molar-refractivity contribution in [2.45, 2.75) is 25.8 Å². The van der Waals surface area contributed by atoms with Crippen LogP contribution in [-0.2, 0) is 6.54 Å². The van der Waals surface area contributed by atoms with Crippen LogP contribution in [0, 0.1) is 0 Å². The minimum Gasteiger partial charge on any atom is -0.661 e. The van der Waals surface area contributed by atoms with E-state index >= 15 is 0 Å². The maximum Gasteiger partial charge on any atom is 1.00 e. The monoisotopic (exact) mass is 613 g/mol. The van der Waals surface area contributed by atoms with Crippen LogP contribution in [0.2, 0.25) is 5.02 Å². The van der Waals surface area contributed by atoms with Crippen molar-refractivity contribution in [2.24, 2.45) is 0 Å². The first-order chi connectivity index (χ1) is 20.1. The SMILES string of the molecule is COc1cc(Nc2nccc(N3CCCCC3)n2)cc(OC)c1OC.C[N-]Cc1ccc(-c2ccccc2Cl)cc1.[K+]. The summed E-state index contributed by atoms with van der Waals surface area (Å²) in [7, 11) is 6.59. The number of aromatic nitrogens is 2. The molecule has 10 heteroatoms. The van der Waals surface area contributed by atoms with Crippen molar-refractivity contribution in [3.05, 3.63) is 88.8 Å². The predicted octanol–water partition coefficient (Wildman–Crippen LogP) is 4.75. The number of hydrogen-bond acceptors (Lipinski definition) is 7. The van der Waals surface area contributed by atoms with Gasteiger partial charge in [0.15, 0.2) is 11.5 Å². The number of nitrogens with one attached hydrogen (secondary N) is 1. The zero-order chi connectivity index (χ0) is 29.0. The third-order valence-electron chi connectivity index (χ3n) is 6.72. The smallest absolute Gasteiger partial charge is 0.661 e. The van der Waals surface area contributed by atoms with Crippen LogP contribution >= 0.6 is 11.6 Å². The maximum absolute atomic E-state index is 6.14. The first-order valence-corrected chi connectivity index (χ1v) is 14.0. The molecule has 0 aliphatic carbocycles. The zero-order valence-electron chi connectivity index (χ0n) is 25.1. The van der Waals surface area contributed by atoms with E-state index in [1.807, 2.05) is 49.5 Å². The molecule has 4 aromatic rings. The molecule has 0 radical (unpaired) electrons. The van der Waals surface area contributed by atoms with Crippen molar-refractivity contribution in [3.8, 4) is 28.4 Å². The largest absolute Gasteiger partial charge is 1.00 e. The molecule has 0 bridgehead atoms. The molecule has 0 spiro atoms. The molecule has 0 unspecified atom stereocenters. The molecule has 0 atom stereocenters. The normalized spacial score (nSPS) is 12.4. The van der Waals surface area contributed by atoms with Crippen LogP contribution < -0.4 is 75.8 Å². The molecule has 1 N–H and O–H groups in total. The number of ether oxygens (including phenoxy) is 3. The van der Waals surface area contributed by atoms with E-state index in [4.69, 9.17) is 25.8 Å². The quantitative estimate of drug-likeness (QED) is 0.273. The number of piperidine rings is 1. The minimum atomic E-state index is 0. The Hall–Kier alpha value is -2.37. The van der Waals surface area contributed by atoms with E-state index in [1.165, 1.54) is 24.8 Å². The van der Waals surface area contributed by atoms with Crippen molar-refractivity contribution >= 4 is 29.1 Å². The van der Waals surface area contributed by atoms with Gasteiger partial charge in [0.1, 0.15) is 5.82 Å². The summed E-state index contributed by atoms with van der Waals surface area (Å²) < 4.78 is 16.1. The number of hydrogen-bond donors (Lipinski definition) is 1. The standard InChI is InChI=1S/C18H24N4O3.C14H13ClN.K/c1-23-14-11-13(12-15(24-2)17(14)25-3)20-18-19-8-7-16(21-18)22-9-5-4-6-10-22;1-16-10-11-6-8-12(9-7-11)13-4-2-3-5-14(13)15;/h7-8,11-12H,4-6,9-10H2,1-3H3,(H,19,20,21);2-9H,10H2,1H3;/q;-1;+1. The Labute approximate surface area is 296 Å². The van der Waals surface area contributed by atoms with Crippen molar-refractivity contribution in [1.29, 1.82) is 0 Å². The molecular formula is C32H37ClKN5O3. The fourth-order valence-electron chi connectivity index (χ4n) is 4.66. The van der Waals surface area contributed by atoms with E-state index in [-0.39, 0.29) is 51.4 Å². The second-order valence-electron chi connectivity index (χ2n) is 9.48. The summed E-state index contributed by atoms with van der Waals surface area (Å²) in [5.74, 6) is 3.20. The molecule has 2 heterocycles. The number of nitrogens with zero attached hydrogens (tertiary/aromatic N) is 4. The maximum atomic E-state index is 6.14. The van der Waals surface area contributed by atoms with Gasteiger partial charge < -0.3 is 29.7 Å². The molecule has 5 rings (SSSR count). The zero-order valence-corrected chi connectivity index (χ0v) is 28.9. The Morgan fingerprint density at radius 2 is 1.55 bits per heavy atom. The van der Waals surface area contributed by atoms with Gasteiger partial charge in [-0.2, -0.15) is 12.0 Å². The van der Waals surface area contributed by atoms with Gasteiger partial charge in [-0.3, -0.25) is 0 Å². The Morgan fingerprint density at radius 3 is 2.14 bits per heavy atom. The minimum absolute atomic E-state index is 0. The second kappa shape index (κ2) is 17.7. The molecule has 0 amide bonds. The average molecular weight is 614 g/mol. The Bertz CT molecular complexity index is 1380. The summed E-state index contributed by atoms with van der Waals surface area (Å²) >= 11 is 6.14. The van der Waals surface area contributed by atoms with Gasteiger partial charge in [-0.1, -0.05) is 59.6 Å². The molecule has 42 heavy (non-hydrogen) atoms. The third kappa shape index (κ3) is 9.31. The summed E-state index contributed by atoms with van der Waals surface area (Å²) in [4.78, 5) is 11.3. The molecule has 1 aliphatic rings. The van der Waals surface area contributed by atoms with E-state index in [1.54, 1.807) is 27.5 Å². The van der Waals surface area contributed by atoms with Gasteiger partial charge in [-0.05, 0) is 37.0 Å². The molecule has 8 nitrogen and oxygen atoms in total. The van der Waals surface area contributed by atoms with E-state index in [2.05, 4.69) is 49.8 Å². The van der Waals surface area contributed by atoms with E-state index < -0.39 is 0 Å². The van der Waals surface area contributed by atoms with Crippen LogP contribution in [-0.4, -0.2) is 51.4 Å². The topological polar surface area (TPSA) is 82.8 Å². The molecule has 1 fully saturated rings. The van der Waals surface area contributed by atoms with Gasteiger partial charge in [0, 0.05) is 47.7 Å². The summed E-state index contributed by atoms with van der Waals surface area (Å²) in [6.07, 6.45) is 5.48. The van der Waals surface area contributed by atoms with Crippen LogP contribution in [0.25, 0.3) is 16.4 Å². The van der Waals surface area contributed by atoms with Crippen LogP contribution in [0.5, 0.6) is 17.2 Å². The molecule has 216 valence electrons. The second-order valence-corrected chi connectivity index (χ2v) is 9.88. The van der Waals surface area contributed by atoms with Gasteiger partial charge in [-0.25, -0.2) is 4.98 Å². The Kier molecular flexibility index (Phi) is 14.4. The summed E-state index contributed by atoms with van der Waals surface area (Å²) in [6.45, 7) is 2.85. The molecule has 1 aromatic heterocycles. The van der Waals surface area contributed by atoms with Gasteiger partial charge in [0.25, 0.3) is 0 Å². The number of rotatable bonds is 9. The number of methoxy groups -OCH3 is 3. The van der Waals surface area contributed by atoms with Gasteiger partial charge >= 0.3 is 51.4 Å². The van der Waals surface area contributed by atoms with Gasteiger partial charge in [0.05, 0.1) is 21.3 Å². The van der Waals surface area contributed by atoms with Gasteiger partial charge in [-0.15, -0.1) is 6.54 Å². The number of anilines is 3. The van der Waals surface area contributed by atoms with Crippen molar-refractivity contribution in [2.75, 3.05) is 51.7 Å². The first-order valence-electron chi connectivity index (χ1n) is 13.6. The van der Waals surface area contributed by atoms with Crippen LogP contribution in [0.4, 0.5) is 17.5 Å². The number of benzene rings is 3.